The molecule has 0 atom stereocenters. The van der Waals surface area contributed by atoms with Crippen molar-refractivity contribution in [1.29, 1.82) is 0 Å². The Labute approximate surface area is 120 Å². The topological polar surface area (TPSA) is 88.3 Å². The molecule has 0 aliphatic rings. The molecule has 1 aromatic carbocycles. The number of hydrogen-bond acceptors (Lipinski definition) is 4. The highest BCUT2D eigenvalue weighted by molar-refractivity contribution is 5.95. The number of amides is 1. The third-order valence-corrected chi connectivity index (χ3v) is 2.67. The van der Waals surface area contributed by atoms with E-state index in [9.17, 15) is 14.4 Å². The van der Waals surface area contributed by atoms with Crippen molar-refractivity contribution in [3.05, 3.63) is 70.1 Å². The summed E-state index contributed by atoms with van der Waals surface area (Å²) < 4.78 is 5.02. The number of pyridine rings is 1. The summed E-state index contributed by atoms with van der Waals surface area (Å²) in [7, 11) is 0. The maximum atomic E-state index is 11.7. The number of H-pyrrole nitrogens is 1. The predicted octanol–water partition coefficient (Wildman–Crippen LogP) is 0.848. The van der Waals surface area contributed by atoms with Gasteiger partial charge < -0.3 is 15.0 Å². The summed E-state index contributed by atoms with van der Waals surface area (Å²) in [6, 6.07) is 11.8. The molecule has 0 bridgehead atoms. The Kier molecular flexibility index (Phi) is 4.87. The highest BCUT2D eigenvalue weighted by Gasteiger charge is 2.09. The molecular formula is C15H14N2O4. The lowest BCUT2D eigenvalue weighted by Gasteiger charge is -2.06. The van der Waals surface area contributed by atoms with E-state index in [2.05, 4.69) is 10.3 Å². The van der Waals surface area contributed by atoms with E-state index in [-0.39, 0.29) is 24.3 Å². The van der Waals surface area contributed by atoms with Crippen LogP contribution in [0.2, 0.25) is 0 Å². The zero-order valence-corrected chi connectivity index (χ0v) is 11.2. The molecule has 0 radical (unpaired) electrons. The third-order valence-electron chi connectivity index (χ3n) is 2.67. The molecule has 6 heteroatoms. The van der Waals surface area contributed by atoms with Crippen molar-refractivity contribution in [3.63, 3.8) is 0 Å². The van der Waals surface area contributed by atoms with Crippen LogP contribution < -0.4 is 10.9 Å². The van der Waals surface area contributed by atoms with Crippen LogP contribution in [-0.4, -0.2) is 23.4 Å². The fraction of sp³-hybridized carbons (Fsp3) is 0.133. The minimum Gasteiger partial charge on any atom is -0.460 e. The molecule has 2 rings (SSSR count). The van der Waals surface area contributed by atoms with Gasteiger partial charge in [-0.15, -0.1) is 0 Å². The number of aromatic nitrogens is 1. The highest BCUT2D eigenvalue weighted by Crippen LogP contribution is 2.00. The Balaban J connectivity index is 1.79. The molecule has 1 heterocycles. The molecular weight excluding hydrogens is 272 g/mol. The highest BCUT2D eigenvalue weighted by atomic mass is 16.5. The van der Waals surface area contributed by atoms with E-state index in [0.717, 1.165) is 11.6 Å². The van der Waals surface area contributed by atoms with Crippen LogP contribution >= 0.6 is 0 Å². The van der Waals surface area contributed by atoms with Crippen LogP contribution in [0.1, 0.15) is 15.9 Å². The lowest BCUT2D eigenvalue weighted by molar-refractivity contribution is -0.143. The number of hydrogen-bond donors (Lipinski definition) is 2. The molecule has 0 saturated carbocycles. The van der Waals surface area contributed by atoms with Gasteiger partial charge in [0.15, 0.2) is 0 Å². The van der Waals surface area contributed by atoms with Crippen LogP contribution in [0.15, 0.2) is 53.5 Å². The van der Waals surface area contributed by atoms with Crippen molar-refractivity contribution in [3.8, 4) is 0 Å². The summed E-state index contributed by atoms with van der Waals surface area (Å²) in [5.74, 6) is -1.05. The first-order valence-corrected chi connectivity index (χ1v) is 6.31. The number of carbonyl (C=O) groups excluding carboxylic acids is 2. The van der Waals surface area contributed by atoms with Gasteiger partial charge in [0.2, 0.25) is 5.56 Å². The standard InChI is InChI=1S/C15H14N2O4/c18-13-8-12(6-7-16-13)15(20)17-9-14(19)21-10-11-4-2-1-3-5-11/h1-8H,9-10H2,(H,16,18)(H,17,20). The van der Waals surface area contributed by atoms with Gasteiger partial charge in [-0.25, -0.2) is 0 Å². The average molecular weight is 286 g/mol. The second kappa shape index (κ2) is 7.04. The number of carbonyl (C=O) groups is 2. The van der Waals surface area contributed by atoms with Gasteiger partial charge in [0.1, 0.15) is 13.2 Å². The van der Waals surface area contributed by atoms with Gasteiger partial charge in [0.25, 0.3) is 5.91 Å². The van der Waals surface area contributed by atoms with Gasteiger partial charge in [-0.1, -0.05) is 30.3 Å². The Morgan fingerprint density at radius 1 is 1.14 bits per heavy atom. The summed E-state index contributed by atoms with van der Waals surface area (Å²) in [4.78, 5) is 36.7. The molecule has 0 fully saturated rings. The van der Waals surface area contributed by atoms with Gasteiger partial charge >= 0.3 is 5.97 Å². The monoisotopic (exact) mass is 286 g/mol. The van der Waals surface area contributed by atoms with E-state index in [1.165, 1.54) is 12.3 Å². The van der Waals surface area contributed by atoms with E-state index in [4.69, 9.17) is 4.74 Å². The summed E-state index contributed by atoms with van der Waals surface area (Å²) in [5.41, 5.74) is 0.677. The minimum absolute atomic E-state index is 0.153. The SMILES string of the molecule is O=C(CNC(=O)c1cc[nH]c(=O)c1)OCc1ccccc1. The van der Waals surface area contributed by atoms with Crippen molar-refractivity contribution in [2.75, 3.05) is 6.54 Å². The van der Waals surface area contributed by atoms with Crippen molar-refractivity contribution in [2.24, 2.45) is 0 Å². The maximum absolute atomic E-state index is 11.7. The molecule has 2 aromatic rings. The number of rotatable bonds is 5. The molecule has 0 spiro atoms. The summed E-state index contributed by atoms with van der Waals surface area (Å²) in [5, 5.41) is 2.40. The first-order valence-electron chi connectivity index (χ1n) is 6.31. The quantitative estimate of drug-likeness (QED) is 0.797. The van der Waals surface area contributed by atoms with Crippen LogP contribution in [0.4, 0.5) is 0 Å². The predicted molar refractivity (Wildman–Crippen MR) is 75.6 cm³/mol. The van der Waals surface area contributed by atoms with Gasteiger partial charge in [0, 0.05) is 17.8 Å². The van der Waals surface area contributed by atoms with E-state index < -0.39 is 11.9 Å². The summed E-state index contributed by atoms with van der Waals surface area (Å²) in [6.07, 6.45) is 1.37. The number of benzene rings is 1. The Bertz CT molecular complexity index is 679. The van der Waals surface area contributed by atoms with E-state index in [1.807, 2.05) is 30.3 Å². The molecule has 0 aliphatic heterocycles. The zero-order valence-electron chi connectivity index (χ0n) is 11.2. The molecule has 0 aliphatic carbocycles. The van der Waals surface area contributed by atoms with Crippen LogP contribution in [0.5, 0.6) is 0 Å². The first-order chi connectivity index (χ1) is 10.1. The molecule has 21 heavy (non-hydrogen) atoms. The fourth-order valence-electron chi connectivity index (χ4n) is 1.63. The smallest absolute Gasteiger partial charge is 0.325 e. The van der Waals surface area contributed by atoms with Gasteiger partial charge in [0.05, 0.1) is 0 Å². The number of aromatic amines is 1. The largest absolute Gasteiger partial charge is 0.460 e. The molecule has 6 nitrogen and oxygen atoms in total. The normalized spacial score (nSPS) is 9.90. The molecule has 108 valence electrons. The van der Waals surface area contributed by atoms with Crippen molar-refractivity contribution >= 4 is 11.9 Å². The van der Waals surface area contributed by atoms with Crippen molar-refractivity contribution < 1.29 is 14.3 Å². The van der Waals surface area contributed by atoms with Crippen LogP contribution in [-0.2, 0) is 16.1 Å². The minimum atomic E-state index is -0.544. The molecule has 2 N–H and O–H groups in total. The second-order valence-corrected chi connectivity index (χ2v) is 4.27. The van der Waals surface area contributed by atoms with E-state index in [0.29, 0.717) is 0 Å². The van der Waals surface area contributed by atoms with Crippen molar-refractivity contribution in [2.45, 2.75) is 6.61 Å². The molecule has 1 aromatic heterocycles. The lowest BCUT2D eigenvalue weighted by atomic mass is 10.2. The van der Waals surface area contributed by atoms with Gasteiger partial charge in [-0.05, 0) is 11.6 Å². The second-order valence-electron chi connectivity index (χ2n) is 4.27. The molecule has 0 saturated heterocycles. The molecule has 1 amide bonds. The van der Waals surface area contributed by atoms with E-state index >= 15 is 0 Å². The first kappa shape index (κ1) is 14.5. The third kappa shape index (κ3) is 4.61. The maximum Gasteiger partial charge on any atom is 0.325 e. The number of ether oxygens (including phenoxy) is 1. The number of nitrogens with one attached hydrogen (secondary N) is 2. The van der Waals surface area contributed by atoms with Crippen LogP contribution in [0.25, 0.3) is 0 Å². The summed E-state index contributed by atoms with van der Waals surface area (Å²) >= 11 is 0. The number of esters is 1. The average Bonchev–Trinajstić information content (AvgIpc) is 2.51. The summed E-state index contributed by atoms with van der Waals surface area (Å²) in [6.45, 7) is -0.0982. The fourth-order valence-corrected chi connectivity index (χ4v) is 1.63. The van der Waals surface area contributed by atoms with E-state index in [1.54, 1.807) is 0 Å². The Hall–Kier alpha value is -2.89. The lowest BCUT2D eigenvalue weighted by Crippen LogP contribution is -2.31. The molecule has 0 unspecified atom stereocenters. The van der Waals surface area contributed by atoms with Crippen molar-refractivity contribution in [1.82, 2.24) is 10.3 Å². The Morgan fingerprint density at radius 2 is 1.90 bits per heavy atom. The van der Waals surface area contributed by atoms with Gasteiger partial charge in [-0.3, -0.25) is 14.4 Å². The van der Waals surface area contributed by atoms with Gasteiger partial charge in [-0.2, -0.15) is 0 Å². The van der Waals surface area contributed by atoms with Crippen LogP contribution in [0.3, 0.4) is 0 Å². The van der Waals surface area contributed by atoms with Crippen LogP contribution in [0, 0.1) is 0 Å². The Morgan fingerprint density at radius 3 is 2.62 bits per heavy atom. The zero-order chi connectivity index (χ0) is 15.1.